The van der Waals surface area contributed by atoms with Crippen LogP contribution in [0.4, 0.5) is 0 Å². The number of amides is 1. The summed E-state index contributed by atoms with van der Waals surface area (Å²) in [5.74, 6) is 0.574. The molecule has 1 saturated heterocycles. The third-order valence-corrected chi connectivity index (χ3v) is 3.13. The molecule has 2 N–H and O–H groups in total. The summed E-state index contributed by atoms with van der Waals surface area (Å²) in [6.07, 6.45) is 2.73. The number of hydrogen-bond donors (Lipinski definition) is 2. The monoisotopic (exact) mass is 269 g/mol. The molecule has 1 atom stereocenters. The largest absolute Gasteiger partial charge is 0.490 e. The Labute approximate surface area is 111 Å². The van der Waals surface area contributed by atoms with Crippen molar-refractivity contribution in [2.24, 2.45) is 0 Å². The van der Waals surface area contributed by atoms with Crippen LogP contribution >= 0.6 is 11.6 Å². The molecule has 0 aliphatic carbocycles. The van der Waals surface area contributed by atoms with E-state index in [0.29, 0.717) is 30.1 Å². The number of aromatic nitrogens is 1. The van der Waals surface area contributed by atoms with Crippen LogP contribution in [0.3, 0.4) is 0 Å². The Bertz CT molecular complexity index is 435. The van der Waals surface area contributed by atoms with E-state index in [1.165, 1.54) is 6.92 Å². The Morgan fingerprint density at radius 2 is 2.50 bits per heavy atom. The number of nitrogens with one attached hydrogen (secondary N) is 2. The molecule has 1 aromatic rings. The Hall–Kier alpha value is -1.33. The molecule has 2 rings (SSSR count). The van der Waals surface area contributed by atoms with E-state index in [0.717, 1.165) is 18.5 Å². The first-order valence-corrected chi connectivity index (χ1v) is 6.28. The van der Waals surface area contributed by atoms with Crippen molar-refractivity contribution in [3.8, 4) is 5.75 Å². The van der Waals surface area contributed by atoms with Crippen molar-refractivity contribution >= 4 is 17.5 Å². The van der Waals surface area contributed by atoms with Gasteiger partial charge in [-0.2, -0.15) is 0 Å². The molecule has 2 heterocycles. The molecule has 98 valence electrons. The number of halogens is 1. The van der Waals surface area contributed by atoms with Gasteiger partial charge in [-0.25, -0.2) is 4.98 Å². The van der Waals surface area contributed by atoms with E-state index in [2.05, 4.69) is 15.6 Å². The molecule has 0 aromatic carbocycles. The van der Waals surface area contributed by atoms with Gasteiger partial charge in [-0.15, -0.1) is 0 Å². The smallest absolute Gasteiger partial charge is 0.217 e. The maximum absolute atomic E-state index is 10.9. The van der Waals surface area contributed by atoms with Gasteiger partial charge < -0.3 is 15.4 Å². The van der Waals surface area contributed by atoms with E-state index in [1.54, 1.807) is 6.20 Å². The molecule has 0 unspecified atom stereocenters. The molecule has 1 aromatic heterocycles. The maximum atomic E-state index is 10.9. The highest BCUT2D eigenvalue weighted by atomic mass is 35.5. The SMILES string of the molecule is CC(=O)NCc1cc(OC[C@H]2CCN2)cnc1Cl. The zero-order valence-corrected chi connectivity index (χ0v) is 11.0. The first-order valence-electron chi connectivity index (χ1n) is 5.90. The minimum absolute atomic E-state index is 0.101. The van der Waals surface area contributed by atoms with Crippen LogP contribution in [-0.4, -0.2) is 30.1 Å². The lowest BCUT2D eigenvalue weighted by atomic mass is 10.1. The fourth-order valence-electron chi connectivity index (χ4n) is 1.58. The van der Waals surface area contributed by atoms with E-state index in [1.807, 2.05) is 6.07 Å². The fraction of sp³-hybridized carbons (Fsp3) is 0.500. The molecule has 1 amide bonds. The molecule has 1 aliphatic heterocycles. The van der Waals surface area contributed by atoms with Gasteiger partial charge in [0.15, 0.2) is 0 Å². The first kappa shape index (κ1) is 13.1. The highest BCUT2D eigenvalue weighted by molar-refractivity contribution is 6.30. The second-order valence-corrected chi connectivity index (χ2v) is 4.64. The number of carbonyl (C=O) groups is 1. The number of carbonyl (C=O) groups excluding carboxylic acids is 1. The quantitative estimate of drug-likeness (QED) is 0.786. The third kappa shape index (κ3) is 3.58. The summed E-state index contributed by atoms with van der Waals surface area (Å²) in [7, 11) is 0. The van der Waals surface area contributed by atoms with Crippen molar-refractivity contribution in [1.82, 2.24) is 15.6 Å². The highest BCUT2D eigenvalue weighted by Gasteiger charge is 2.16. The van der Waals surface area contributed by atoms with E-state index in [-0.39, 0.29) is 5.91 Å². The van der Waals surface area contributed by atoms with Crippen LogP contribution in [0.2, 0.25) is 5.15 Å². The summed E-state index contributed by atoms with van der Waals surface area (Å²) in [6, 6.07) is 2.24. The average molecular weight is 270 g/mol. The molecular weight excluding hydrogens is 254 g/mol. The normalized spacial score (nSPS) is 18.0. The standard InChI is InChI=1S/C12H16ClN3O2/c1-8(17)15-5-9-4-11(6-16-12(9)13)18-7-10-2-3-14-10/h4,6,10,14H,2-3,5,7H2,1H3,(H,15,17)/t10-/m1/s1. The summed E-state index contributed by atoms with van der Waals surface area (Å²) >= 11 is 5.95. The fourth-order valence-corrected chi connectivity index (χ4v) is 1.75. The van der Waals surface area contributed by atoms with E-state index in [4.69, 9.17) is 16.3 Å². The number of pyridine rings is 1. The summed E-state index contributed by atoms with van der Waals surface area (Å²) in [6.45, 7) is 3.51. The minimum atomic E-state index is -0.101. The van der Waals surface area contributed by atoms with Crippen LogP contribution in [0.25, 0.3) is 0 Å². The van der Waals surface area contributed by atoms with Gasteiger partial charge in [0, 0.05) is 25.1 Å². The van der Waals surface area contributed by atoms with Gasteiger partial charge in [0.1, 0.15) is 17.5 Å². The molecular formula is C12H16ClN3O2. The summed E-state index contributed by atoms with van der Waals surface area (Å²) in [5, 5.41) is 6.33. The Balaban J connectivity index is 1.93. The molecule has 1 fully saturated rings. The summed E-state index contributed by atoms with van der Waals surface area (Å²) in [5.41, 5.74) is 0.755. The van der Waals surface area contributed by atoms with Crippen LogP contribution in [0.5, 0.6) is 5.75 Å². The molecule has 0 bridgehead atoms. The predicted octanol–water partition coefficient (Wildman–Crippen LogP) is 1.11. The van der Waals surface area contributed by atoms with Crippen molar-refractivity contribution in [3.63, 3.8) is 0 Å². The predicted molar refractivity (Wildman–Crippen MR) is 68.7 cm³/mol. The lowest BCUT2D eigenvalue weighted by molar-refractivity contribution is -0.119. The van der Waals surface area contributed by atoms with Gasteiger partial charge in [0.2, 0.25) is 5.91 Å². The molecule has 0 saturated carbocycles. The van der Waals surface area contributed by atoms with Crippen molar-refractivity contribution in [2.45, 2.75) is 25.9 Å². The summed E-state index contributed by atoms with van der Waals surface area (Å²) < 4.78 is 5.62. The Morgan fingerprint density at radius 1 is 1.72 bits per heavy atom. The topological polar surface area (TPSA) is 63.2 Å². The van der Waals surface area contributed by atoms with E-state index < -0.39 is 0 Å². The second-order valence-electron chi connectivity index (χ2n) is 4.28. The van der Waals surface area contributed by atoms with Crippen LogP contribution in [0.1, 0.15) is 18.9 Å². The lowest BCUT2D eigenvalue weighted by Gasteiger charge is -2.27. The number of rotatable bonds is 5. The van der Waals surface area contributed by atoms with Crippen molar-refractivity contribution in [3.05, 3.63) is 23.0 Å². The molecule has 0 radical (unpaired) electrons. The molecule has 6 heteroatoms. The van der Waals surface area contributed by atoms with Gasteiger partial charge in [-0.3, -0.25) is 4.79 Å². The Morgan fingerprint density at radius 3 is 3.11 bits per heavy atom. The number of nitrogens with zero attached hydrogens (tertiary/aromatic N) is 1. The Kier molecular flexibility index (Phi) is 4.38. The van der Waals surface area contributed by atoms with Crippen molar-refractivity contribution in [2.75, 3.05) is 13.2 Å². The molecule has 1 aliphatic rings. The molecule has 18 heavy (non-hydrogen) atoms. The lowest BCUT2D eigenvalue weighted by Crippen LogP contribution is -2.46. The minimum Gasteiger partial charge on any atom is -0.490 e. The maximum Gasteiger partial charge on any atom is 0.217 e. The van der Waals surface area contributed by atoms with Gasteiger partial charge in [0.05, 0.1) is 6.20 Å². The number of ether oxygens (including phenoxy) is 1. The first-order chi connectivity index (χ1) is 8.65. The van der Waals surface area contributed by atoms with Crippen molar-refractivity contribution in [1.29, 1.82) is 0 Å². The van der Waals surface area contributed by atoms with Crippen LogP contribution in [0.15, 0.2) is 12.3 Å². The van der Waals surface area contributed by atoms with Crippen LogP contribution in [-0.2, 0) is 11.3 Å². The van der Waals surface area contributed by atoms with Crippen LogP contribution in [0, 0.1) is 0 Å². The van der Waals surface area contributed by atoms with Gasteiger partial charge in [0.25, 0.3) is 0 Å². The van der Waals surface area contributed by atoms with Crippen LogP contribution < -0.4 is 15.4 Å². The zero-order chi connectivity index (χ0) is 13.0. The summed E-state index contributed by atoms with van der Waals surface area (Å²) in [4.78, 5) is 14.9. The zero-order valence-electron chi connectivity index (χ0n) is 10.2. The molecule has 0 spiro atoms. The van der Waals surface area contributed by atoms with Crippen molar-refractivity contribution < 1.29 is 9.53 Å². The average Bonchev–Trinajstić information content (AvgIpc) is 2.27. The third-order valence-electron chi connectivity index (χ3n) is 2.79. The number of hydrogen-bond acceptors (Lipinski definition) is 4. The van der Waals surface area contributed by atoms with E-state index in [9.17, 15) is 4.79 Å². The molecule has 5 nitrogen and oxygen atoms in total. The van der Waals surface area contributed by atoms with Gasteiger partial charge in [-0.05, 0) is 19.0 Å². The van der Waals surface area contributed by atoms with E-state index >= 15 is 0 Å². The highest BCUT2D eigenvalue weighted by Crippen LogP contribution is 2.19. The van der Waals surface area contributed by atoms with Gasteiger partial charge >= 0.3 is 0 Å². The second kappa shape index (κ2) is 6.02. The van der Waals surface area contributed by atoms with Gasteiger partial charge in [-0.1, -0.05) is 11.6 Å².